The lowest BCUT2D eigenvalue weighted by Crippen LogP contribution is -2.28. The van der Waals surface area contributed by atoms with E-state index in [0.29, 0.717) is 11.9 Å². The van der Waals surface area contributed by atoms with Crippen LogP contribution in [-0.4, -0.2) is 16.8 Å². The fourth-order valence-electron chi connectivity index (χ4n) is 1.64. The fraction of sp³-hybridized carbons (Fsp3) is 0.545. The first kappa shape index (κ1) is 12.5. The fourth-order valence-corrected chi connectivity index (χ4v) is 1.93. The van der Waals surface area contributed by atoms with Crippen molar-refractivity contribution in [3.63, 3.8) is 0 Å². The van der Waals surface area contributed by atoms with E-state index in [1.165, 1.54) is 0 Å². The summed E-state index contributed by atoms with van der Waals surface area (Å²) in [5.74, 6) is 0. The number of aromatic nitrogens is 1. The van der Waals surface area contributed by atoms with E-state index in [0.717, 1.165) is 23.8 Å². The average molecular weight is 226 g/mol. The smallest absolute Gasteiger partial charge is 0.176 e. The molecule has 82 valence electrons. The van der Waals surface area contributed by atoms with Gasteiger partial charge in [-0.1, -0.05) is 44.2 Å². The van der Waals surface area contributed by atoms with Crippen LogP contribution in [0.2, 0.25) is 18.3 Å². The van der Waals surface area contributed by atoms with Gasteiger partial charge < -0.3 is 5.11 Å². The Morgan fingerprint density at radius 3 is 2.80 bits per heavy atom. The Morgan fingerprint density at radius 2 is 2.27 bits per heavy atom. The van der Waals surface area contributed by atoms with E-state index >= 15 is 0 Å². The summed E-state index contributed by atoms with van der Waals surface area (Å²) in [6.07, 6.45) is 3.36. The highest BCUT2D eigenvalue weighted by Crippen LogP contribution is 2.13. The number of aliphatic hydroxyl groups is 1. The Morgan fingerprint density at radius 1 is 1.60 bits per heavy atom. The van der Waals surface area contributed by atoms with Crippen molar-refractivity contribution < 1.29 is 5.11 Å². The van der Waals surface area contributed by atoms with E-state index in [9.17, 15) is 5.11 Å². The van der Waals surface area contributed by atoms with Crippen LogP contribution in [0.5, 0.6) is 0 Å². The van der Waals surface area contributed by atoms with Gasteiger partial charge in [0.05, 0.1) is 6.10 Å². The molecule has 1 atom stereocenters. The predicted molar refractivity (Wildman–Crippen MR) is 66.2 cm³/mol. The van der Waals surface area contributed by atoms with Crippen molar-refractivity contribution in [3.8, 4) is 0 Å². The van der Waals surface area contributed by atoms with Gasteiger partial charge in [-0.15, -0.1) is 0 Å². The highest BCUT2D eigenvalue weighted by atomic mass is 35.5. The number of halogens is 1. The van der Waals surface area contributed by atoms with Gasteiger partial charge in [0.15, 0.2) is 6.71 Å². The molecule has 0 spiro atoms. The predicted octanol–water partition coefficient (Wildman–Crippen LogP) is 2.53. The van der Waals surface area contributed by atoms with E-state index in [2.05, 4.69) is 18.7 Å². The molecule has 1 rings (SSSR count). The topological polar surface area (TPSA) is 33.1 Å². The maximum atomic E-state index is 9.47. The SMILES string of the molecule is CCCB(C)c1cc(C(C)O)cnc1Cl. The summed E-state index contributed by atoms with van der Waals surface area (Å²) in [6, 6.07) is 1.96. The Kier molecular flexibility index (Phi) is 4.61. The van der Waals surface area contributed by atoms with Crippen LogP contribution in [0.1, 0.15) is 31.9 Å². The monoisotopic (exact) mass is 225 g/mol. The molecule has 2 nitrogen and oxygen atoms in total. The molecule has 0 amide bonds. The Balaban J connectivity index is 2.99. The standard InChI is InChI=1S/C11H17BClNO/c1-4-5-12(3)10-6-9(8(2)15)7-14-11(10)13/h6-8,15H,4-5H2,1-3H3. The van der Waals surface area contributed by atoms with Crippen molar-refractivity contribution in [2.24, 2.45) is 0 Å². The van der Waals surface area contributed by atoms with Crippen molar-refractivity contribution in [2.75, 3.05) is 0 Å². The average Bonchev–Trinajstić information content (AvgIpc) is 2.18. The van der Waals surface area contributed by atoms with E-state index in [4.69, 9.17) is 11.6 Å². The number of hydrogen-bond donors (Lipinski definition) is 1. The van der Waals surface area contributed by atoms with Crippen molar-refractivity contribution >= 4 is 23.8 Å². The molecule has 1 unspecified atom stereocenters. The molecule has 0 saturated heterocycles. The first-order valence-corrected chi connectivity index (χ1v) is 5.77. The minimum absolute atomic E-state index is 0.397. The lowest BCUT2D eigenvalue weighted by Gasteiger charge is -2.12. The first-order chi connectivity index (χ1) is 7.06. The Bertz CT molecular complexity index is 330. The normalized spacial score (nSPS) is 12.6. The molecule has 1 heterocycles. The number of aliphatic hydroxyl groups excluding tert-OH is 1. The van der Waals surface area contributed by atoms with Crippen molar-refractivity contribution in [2.45, 2.75) is 39.5 Å². The molecule has 0 bridgehead atoms. The number of pyridine rings is 1. The van der Waals surface area contributed by atoms with Crippen LogP contribution in [0.3, 0.4) is 0 Å². The summed E-state index contributed by atoms with van der Waals surface area (Å²) in [5, 5.41) is 10.0. The van der Waals surface area contributed by atoms with Gasteiger partial charge in [0.25, 0.3) is 0 Å². The minimum atomic E-state index is -0.484. The third-order valence-electron chi connectivity index (χ3n) is 2.62. The van der Waals surface area contributed by atoms with Crippen LogP contribution in [-0.2, 0) is 0 Å². The van der Waals surface area contributed by atoms with Crippen LogP contribution >= 0.6 is 11.6 Å². The van der Waals surface area contributed by atoms with Gasteiger partial charge in [-0.3, -0.25) is 0 Å². The molecule has 1 aromatic rings. The minimum Gasteiger partial charge on any atom is -0.389 e. The summed E-state index contributed by atoms with van der Waals surface area (Å²) in [4.78, 5) is 4.11. The van der Waals surface area contributed by atoms with Gasteiger partial charge in [0.2, 0.25) is 0 Å². The zero-order valence-corrected chi connectivity index (χ0v) is 10.3. The lowest BCUT2D eigenvalue weighted by atomic mass is 9.44. The molecular weight excluding hydrogens is 208 g/mol. The van der Waals surface area contributed by atoms with E-state index < -0.39 is 6.10 Å². The summed E-state index contributed by atoms with van der Waals surface area (Å²) in [6.45, 7) is 6.42. The quantitative estimate of drug-likeness (QED) is 0.631. The van der Waals surface area contributed by atoms with E-state index in [1.54, 1.807) is 13.1 Å². The first-order valence-electron chi connectivity index (χ1n) is 5.39. The molecule has 0 saturated carbocycles. The highest BCUT2D eigenvalue weighted by molar-refractivity contribution is 6.74. The molecular formula is C11H17BClNO. The summed E-state index contributed by atoms with van der Waals surface area (Å²) < 4.78 is 0. The second kappa shape index (κ2) is 5.52. The zero-order chi connectivity index (χ0) is 11.4. The van der Waals surface area contributed by atoms with Crippen LogP contribution < -0.4 is 5.46 Å². The molecule has 15 heavy (non-hydrogen) atoms. The lowest BCUT2D eigenvalue weighted by molar-refractivity contribution is 0.199. The summed E-state index contributed by atoms with van der Waals surface area (Å²) in [5.41, 5.74) is 1.87. The van der Waals surface area contributed by atoms with Crippen LogP contribution in [0, 0.1) is 0 Å². The maximum absolute atomic E-state index is 9.47. The number of rotatable bonds is 4. The molecule has 0 fully saturated rings. The third kappa shape index (κ3) is 3.21. The van der Waals surface area contributed by atoms with Crippen LogP contribution in [0.4, 0.5) is 0 Å². The van der Waals surface area contributed by atoms with Gasteiger partial charge in [-0.25, -0.2) is 4.98 Å². The van der Waals surface area contributed by atoms with Gasteiger partial charge >= 0.3 is 0 Å². The highest BCUT2D eigenvalue weighted by Gasteiger charge is 2.15. The van der Waals surface area contributed by atoms with Crippen LogP contribution in [0.15, 0.2) is 12.3 Å². The molecule has 0 aliphatic rings. The molecule has 0 aliphatic heterocycles. The second-order valence-corrected chi connectivity index (χ2v) is 4.37. The molecule has 0 aromatic carbocycles. The summed E-state index contributed by atoms with van der Waals surface area (Å²) >= 11 is 6.04. The Hall–Kier alpha value is -0.535. The van der Waals surface area contributed by atoms with Crippen molar-refractivity contribution in [3.05, 3.63) is 23.0 Å². The zero-order valence-electron chi connectivity index (χ0n) is 9.50. The van der Waals surface area contributed by atoms with Gasteiger partial charge in [0, 0.05) is 6.20 Å². The molecule has 1 N–H and O–H groups in total. The maximum Gasteiger partial charge on any atom is 0.176 e. The van der Waals surface area contributed by atoms with Crippen molar-refractivity contribution in [1.29, 1.82) is 0 Å². The third-order valence-corrected chi connectivity index (χ3v) is 2.94. The molecule has 1 aromatic heterocycles. The number of nitrogens with zero attached hydrogens (tertiary/aromatic N) is 1. The molecule has 0 radical (unpaired) electrons. The molecule has 4 heteroatoms. The van der Waals surface area contributed by atoms with E-state index in [1.807, 2.05) is 6.07 Å². The summed E-state index contributed by atoms with van der Waals surface area (Å²) in [7, 11) is 0. The van der Waals surface area contributed by atoms with Crippen LogP contribution in [0.25, 0.3) is 0 Å². The van der Waals surface area contributed by atoms with Gasteiger partial charge in [-0.05, 0) is 17.9 Å². The van der Waals surface area contributed by atoms with Crippen molar-refractivity contribution in [1.82, 2.24) is 4.98 Å². The molecule has 0 aliphatic carbocycles. The Labute approximate surface area is 96.8 Å². The second-order valence-electron chi connectivity index (χ2n) is 4.01. The number of hydrogen-bond acceptors (Lipinski definition) is 2. The largest absolute Gasteiger partial charge is 0.389 e. The van der Waals surface area contributed by atoms with Gasteiger partial charge in [0.1, 0.15) is 5.15 Å². The van der Waals surface area contributed by atoms with Gasteiger partial charge in [-0.2, -0.15) is 0 Å². The van der Waals surface area contributed by atoms with E-state index in [-0.39, 0.29) is 0 Å².